The average Bonchev–Trinajstić information content (AvgIpc) is 3.02. The summed E-state index contributed by atoms with van der Waals surface area (Å²) >= 11 is 0. The van der Waals surface area contributed by atoms with Crippen LogP contribution in [0.2, 0.25) is 0 Å². The first kappa shape index (κ1) is 10.8. The minimum atomic E-state index is 0.335. The summed E-state index contributed by atoms with van der Waals surface area (Å²) in [6.07, 6.45) is 7.21. The topological polar surface area (TPSA) is 31.2 Å². The summed E-state index contributed by atoms with van der Waals surface area (Å²) in [7, 11) is 0. The molecule has 0 saturated carbocycles. The van der Waals surface area contributed by atoms with Crippen molar-refractivity contribution in [1.29, 1.82) is 0 Å². The first-order valence-corrected chi connectivity index (χ1v) is 7.13. The van der Waals surface area contributed by atoms with Crippen molar-refractivity contribution < 1.29 is 9.53 Å². The highest BCUT2D eigenvalue weighted by Gasteiger charge is 2.43. The molecule has 0 N–H and O–H groups in total. The highest BCUT2D eigenvalue weighted by atomic mass is 16.5. The van der Waals surface area contributed by atoms with Crippen LogP contribution in [0.4, 0.5) is 0 Å². The number of carbonyl (C=O) groups is 1. The molecule has 18 heavy (non-hydrogen) atoms. The summed E-state index contributed by atoms with van der Waals surface area (Å²) in [6.45, 7) is 2.14. The number of nitrogens with zero attached hydrogens (tertiary/aromatic N) is 1. The van der Waals surface area contributed by atoms with E-state index in [1.54, 1.807) is 0 Å². The first-order chi connectivity index (χ1) is 8.74. The van der Waals surface area contributed by atoms with Gasteiger partial charge in [-0.2, -0.15) is 0 Å². The minimum Gasteiger partial charge on any atom is -0.373 e. The molecule has 0 amide bonds. The smallest absolute Gasteiger partial charge is 0.164 e. The molecule has 1 aromatic rings. The summed E-state index contributed by atoms with van der Waals surface area (Å²) in [5.41, 5.74) is 3.52. The van der Waals surface area contributed by atoms with Gasteiger partial charge in [0.25, 0.3) is 0 Å². The van der Waals surface area contributed by atoms with E-state index in [0.717, 1.165) is 31.2 Å². The van der Waals surface area contributed by atoms with Crippen LogP contribution in [0.25, 0.3) is 0 Å². The van der Waals surface area contributed by atoms with Crippen LogP contribution in [0.3, 0.4) is 0 Å². The number of aromatic nitrogens is 1. The molecule has 2 fully saturated rings. The van der Waals surface area contributed by atoms with Gasteiger partial charge in [0, 0.05) is 23.4 Å². The molecule has 3 nitrogen and oxygen atoms in total. The molecule has 3 unspecified atom stereocenters. The van der Waals surface area contributed by atoms with E-state index in [1.807, 2.05) is 0 Å². The predicted octanol–water partition coefficient (Wildman–Crippen LogP) is 2.81. The fourth-order valence-electron chi connectivity index (χ4n) is 4.10. The van der Waals surface area contributed by atoms with Crippen molar-refractivity contribution in [3.8, 4) is 0 Å². The lowest BCUT2D eigenvalue weighted by molar-refractivity contribution is 0.0923. The second-order valence-corrected chi connectivity index (χ2v) is 5.97. The molecule has 0 aromatic carbocycles. The molecule has 1 aromatic heterocycles. The van der Waals surface area contributed by atoms with Gasteiger partial charge in [0.1, 0.15) is 0 Å². The zero-order chi connectivity index (χ0) is 12.3. The van der Waals surface area contributed by atoms with Crippen LogP contribution < -0.4 is 0 Å². The van der Waals surface area contributed by atoms with E-state index in [0.29, 0.717) is 24.0 Å². The number of ether oxygens (including phenoxy) is 1. The Labute approximate surface area is 107 Å². The number of aryl methyl sites for hydroxylation is 1. The quantitative estimate of drug-likeness (QED) is 0.762. The number of hydrogen-bond donors (Lipinski definition) is 0. The molecule has 3 atom stereocenters. The summed E-state index contributed by atoms with van der Waals surface area (Å²) in [5.74, 6) is 0.335. The zero-order valence-electron chi connectivity index (χ0n) is 10.8. The summed E-state index contributed by atoms with van der Waals surface area (Å²) in [5, 5.41) is 0. The summed E-state index contributed by atoms with van der Waals surface area (Å²) < 4.78 is 8.40. The Morgan fingerprint density at radius 2 is 2.22 bits per heavy atom. The van der Waals surface area contributed by atoms with Crippen molar-refractivity contribution in [2.24, 2.45) is 0 Å². The molecule has 3 heterocycles. The lowest BCUT2D eigenvalue weighted by atomic mass is 9.93. The fourth-order valence-corrected chi connectivity index (χ4v) is 4.10. The van der Waals surface area contributed by atoms with Gasteiger partial charge in [-0.1, -0.05) is 0 Å². The molecule has 2 bridgehead atoms. The second-order valence-electron chi connectivity index (χ2n) is 5.97. The lowest BCUT2D eigenvalue weighted by Crippen LogP contribution is -2.25. The Bertz CT molecular complexity index is 517. The fraction of sp³-hybridized carbons (Fsp3) is 0.667. The van der Waals surface area contributed by atoms with Crippen molar-refractivity contribution in [3.05, 3.63) is 23.0 Å². The minimum absolute atomic E-state index is 0.335. The largest absolute Gasteiger partial charge is 0.373 e. The van der Waals surface area contributed by atoms with E-state index in [-0.39, 0.29) is 0 Å². The molecule has 4 rings (SSSR count). The monoisotopic (exact) mass is 245 g/mol. The standard InChI is InChI=1S/C15H19NO2/c1-9-7-11-12(3-2-4-14(11)17)16(9)13-8-10-5-6-15(13)18-10/h7,10,13,15H,2-6,8H2,1H3. The van der Waals surface area contributed by atoms with Gasteiger partial charge in [0.15, 0.2) is 5.78 Å². The zero-order valence-corrected chi connectivity index (χ0v) is 10.8. The van der Waals surface area contributed by atoms with Gasteiger partial charge >= 0.3 is 0 Å². The van der Waals surface area contributed by atoms with Gasteiger partial charge in [0.05, 0.1) is 18.2 Å². The third kappa shape index (κ3) is 1.37. The van der Waals surface area contributed by atoms with Crippen LogP contribution in [0.1, 0.15) is 59.9 Å². The Kier molecular flexibility index (Phi) is 2.22. The van der Waals surface area contributed by atoms with Gasteiger partial charge in [-0.05, 0) is 45.1 Å². The number of carbonyl (C=O) groups excluding carboxylic acids is 1. The van der Waals surface area contributed by atoms with Gasteiger partial charge in [-0.25, -0.2) is 0 Å². The molecule has 0 radical (unpaired) electrons. The van der Waals surface area contributed by atoms with Crippen LogP contribution >= 0.6 is 0 Å². The number of ketones is 1. The summed E-state index contributed by atoms with van der Waals surface area (Å²) in [6, 6.07) is 2.58. The Hall–Kier alpha value is -1.09. The van der Waals surface area contributed by atoms with Crippen molar-refractivity contribution in [3.63, 3.8) is 0 Å². The molecular formula is C15H19NO2. The van der Waals surface area contributed by atoms with E-state index in [9.17, 15) is 4.79 Å². The number of fused-ring (bicyclic) bond motifs is 3. The maximum atomic E-state index is 12.0. The van der Waals surface area contributed by atoms with Gasteiger partial charge < -0.3 is 9.30 Å². The molecule has 2 saturated heterocycles. The van der Waals surface area contributed by atoms with Crippen molar-refractivity contribution in [1.82, 2.24) is 4.57 Å². The van der Waals surface area contributed by atoms with Crippen molar-refractivity contribution in [2.45, 2.75) is 63.7 Å². The van der Waals surface area contributed by atoms with Gasteiger partial charge in [-0.3, -0.25) is 4.79 Å². The van der Waals surface area contributed by atoms with Gasteiger partial charge in [-0.15, -0.1) is 0 Å². The van der Waals surface area contributed by atoms with E-state index in [2.05, 4.69) is 17.6 Å². The average molecular weight is 245 g/mol. The summed E-state index contributed by atoms with van der Waals surface area (Å²) in [4.78, 5) is 12.0. The van der Waals surface area contributed by atoms with Crippen LogP contribution in [0.5, 0.6) is 0 Å². The number of hydrogen-bond acceptors (Lipinski definition) is 2. The number of Topliss-reactive ketones (excluding diaryl/α,β-unsaturated/α-hetero) is 1. The van der Waals surface area contributed by atoms with E-state index < -0.39 is 0 Å². The Balaban J connectivity index is 1.79. The number of rotatable bonds is 1. The Morgan fingerprint density at radius 3 is 2.94 bits per heavy atom. The molecule has 0 spiro atoms. The molecule has 2 aliphatic heterocycles. The van der Waals surface area contributed by atoms with Crippen LogP contribution in [0, 0.1) is 6.92 Å². The van der Waals surface area contributed by atoms with Crippen LogP contribution in [0.15, 0.2) is 6.07 Å². The maximum absolute atomic E-state index is 12.0. The lowest BCUT2D eigenvalue weighted by Gasteiger charge is -2.26. The molecule has 1 aliphatic carbocycles. The second kappa shape index (κ2) is 3.70. The molecular weight excluding hydrogens is 226 g/mol. The van der Waals surface area contributed by atoms with Crippen molar-refractivity contribution in [2.75, 3.05) is 0 Å². The Morgan fingerprint density at radius 1 is 1.33 bits per heavy atom. The third-order valence-electron chi connectivity index (χ3n) is 4.86. The van der Waals surface area contributed by atoms with Crippen LogP contribution in [-0.4, -0.2) is 22.6 Å². The highest BCUT2D eigenvalue weighted by Crippen LogP contribution is 2.44. The maximum Gasteiger partial charge on any atom is 0.164 e. The molecule has 3 aliphatic rings. The SMILES string of the molecule is Cc1cc2c(n1C1CC3CCC1O3)CCCC2=O. The highest BCUT2D eigenvalue weighted by molar-refractivity contribution is 5.98. The van der Waals surface area contributed by atoms with E-state index >= 15 is 0 Å². The van der Waals surface area contributed by atoms with Gasteiger partial charge in [0.2, 0.25) is 0 Å². The predicted molar refractivity (Wildman–Crippen MR) is 68.0 cm³/mol. The first-order valence-electron chi connectivity index (χ1n) is 7.13. The molecule has 3 heteroatoms. The van der Waals surface area contributed by atoms with E-state index in [1.165, 1.54) is 24.2 Å². The van der Waals surface area contributed by atoms with Crippen LogP contribution in [-0.2, 0) is 11.2 Å². The third-order valence-corrected chi connectivity index (χ3v) is 4.86. The molecule has 96 valence electrons. The van der Waals surface area contributed by atoms with Crippen molar-refractivity contribution >= 4 is 5.78 Å². The van der Waals surface area contributed by atoms with E-state index in [4.69, 9.17) is 4.74 Å². The normalized spacial score (nSPS) is 34.1.